The van der Waals surface area contributed by atoms with E-state index in [2.05, 4.69) is 49.4 Å². The van der Waals surface area contributed by atoms with Crippen LogP contribution in [0.4, 0.5) is 0 Å². The Hall–Kier alpha value is -0.0800. The molecule has 2 N–H and O–H groups in total. The van der Waals surface area contributed by atoms with Crippen LogP contribution in [-0.4, -0.2) is 37.0 Å². The van der Waals surface area contributed by atoms with E-state index in [4.69, 9.17) is 6.42 Å². The van der Waals surface area contributed by atoms with E-state index in [1.807, 2.05) is 0 Å². The summed E-state index contributed by atoms with van der Waals surface area (Å²) in [5, 5.41) is 23.6. The topological polar surface area (TPSA) is 40.5 Å². The fourth-order valence-electron chi connectivity index (χ4n) is 8.42. The number of fused-ring (bicyclic) bond motifs is 5. The normalized spacial score (nSPS) is 50.4. The predicted molar refractivity (Wildman–Crippen MR) is 124 cm³/mol. The second kappa shape index (κ2) is 6.96. The first-order chi connectivity index (χ1) is 13.9. The van der Waals surface area contributed by atoms with Gasteiger partial charge in [-0.3, -0.25) is 0 Å². The molecule has 29 heavy (non-hydrogen) atoms. The van der Waals surface area contributed by atoms with Gasteiger partial charge in [0.05, 0.1) is 9.68 Å². The van der Waals surface area contributed by atoms with Gasteiger partial charge in [0.15, 0.2) is 0 Å². The molecule has 5 unspecified atom stereocenters. The Balaban J connectivity index is 1.55. The third-order valence-electron chi connectivity index (χ3n) is 9.71. The van der Waals surface area contributed by atoms with Crippen molar-refractivity contribution >= 4 is 23.5 Å². The molecule has 1 heterocycles. The van der Waals surface area contributed by atoms with Crippen molar-refractivity contribution in [3.63, 3.8) is 0 Å². The van der Waals surface area contributed by atoms with Gasteiger partial charge in [-0.25, -0.2) is 0 Å². The van der Waals surface area contributed by atoms with Crippen LogP contribution in [0.25, 0.3) is 0 Å². The summed E-state index contributed by atoms with van der Waals surface area (Å²) in [4.78, 5) is 0. The molecule has 0 amide bonds. The average Bonchev–Trinajstić information content (AvgIpc) is 3.30. The minimum atomic E-state index is -1.05. The summed E-state index contributed by atoms with van der Waals surface area (Å²) in [6.45, 7) is 4.33. The second-order valence-corrected chi connectivity index (χ2v) is 13.5. The Morgan fingerprint density at radius 2 is 1.86 bits per heavy atom. The average molecular weight is 433 g/mol. The number of aliphatic hydroxyl groups is 2. The van der Waals surface area contributed by atoms with Crippen LogP contribution in [0.1, 0.15) is 71.6 Å². The number of allylic oxidation sites excluding steroid dienone is 1. The van der Waals surface area contributed by atoms with Crippen molar-refractivity contribution in [3.05, 3.63) is 11.6 Å². The molecule has 0 bridgehead atoms. The molecule has 0 aromatic carbocycles. The monoisotopic (exact) mass is 432 g/mol. The summed E-state index contributed by atoms with van der Waals surface area (Å²) in [6, 6.07) is 0. The first kappa shape index (κ1) is 20.8. The van der Waals surface area contributed by atoms with Crippen molar-refractivity contribution in [3.8, 4) is 12.3 Å². The van der Waals surface area contributed by atoms with Gasteiger partial charge in [-0.05, 0) is 81.5 Å². The molecule has 1 spiro atoms. The zero-order valence-electron chi connectivity index (χ0n) is 18.0. The molecule has 1 aliphatic heterocycles. The largest absolute Gasteiger partial charge is 0.390 e. The molecule has 160 valence electrons. The smallest absolute Gasteiger partial charge is 0.131 e. The van der Waals surface area contributed by atoms with Crippen LogP contribution >= 0.6 is 23.5 Å². The van der Waals surface area contributed by atoms with Crippen LogP contribution in [0, 0.1) is 41.4 Å². The second-order valence-electron chi connectivity index (χ2n) is 10.4. The molecule has 7 atom stereocenters. The minimum Gasteiger partial charge on any atom is -0.390 e. The van der Waals surface area contributed by atoms with E-state index in [1.54, 1.807) is 5.57 Å². The van der Waals surface area contributed by atoms with Gasteiger partial charge in [-0.15, -0.1) is 29.9 Å². The van der Waals surface area contributed by atoms with Crippen LogP contribution in [0.2, 0.25) is 0 Å². The molecule has 3 saturated carbocycles. The molecular weight excluding hydrogens is 396 g/mol. The Morgan fingerprint density at radius 1 is 1.10 bits per heavy atom. The lowest BCUT2D eigenvalue weighted by Crippen LogP contribution is -2.63. The van der Waals surface area contributed by atoms with Gasteiger partial charge < -0.3 is 10.2 Å². The fourth-order valence-corrected chi connectivity index (χ4v) is 11.6. The van der Waals surface area contributed by atoms with Crippen LogP contribution in [0.5, 0.6) is 0 Å². The lowest BCUT2D eigenvalue weighted by Gasteiger charge is -2.62. The molecule has 5 aliphatic rings. The van der Waals surface area contributed by atoms with Gasteiger partial charge in [0, 0.05) is 16.9 Å². The highest BCUT2D eigenvalue weighted by Crippen LogP contribution is 2.69. The van der Waals surface area contributed by atoms with E-state index in [1.165, 1.54) is 30.8 Å². The Morgan fingerprint density at radius 3 is 2.52 bits per heavy atom. The molecule has 4 heteroatoms. The lowest BCUT2D eigenvalue weighted by atomic mass is 9.44. The van der Waals surface area contributed by atoms with Crippen molar-refractivity contribution in [1.82, 2.24) is 0 Å². The zero-order chi connectivity index (χ0) is 20.5. The Kier molecular flexibility index (Phi) is 4.99. The minimum absolute atomic E-state index is 0.318. The van der Waals surface area contributed by atoms with Crippen molar-refractivity contribution in [2.75, 3.05) is 11.5 Å². The Bertz CT molecular complexity index is 750. The van der Waals surface area contributed by atoms with E-state index in [0.29, 0.717) is 40.6 Å². The SMILES string of the molecule is C#C[C@]1(O)CCC2C3CCC4=CC5(CCC4C3C(O)(CC)C[C@@]21CC)SCCS5. The maximum absolute atomic E-state index is 12.1. The molecule has 2 nitrogen and oxygen atoms in total. The third kappa shape index (κ3) is 2.73. The van der Waals surface area contributed by atoms with Crippen molar-refractivity contribution in [2.24, 2.45) is 29.1 Å². The molecule has 1 saturated heterocycles. The van der Waals surface area contributed by atoms with Crippen molar-refractivity contribution in [2.45, 2.75) is 86.9 Å². The van der Waals surface area contributed by atoms with E-state index in [-0.39, 0.29) is 5.41 Å². The summed E-state index contributed by atoms with van der Waals surface area (Å²) in [5.74, 6) is 7.17. The number of hydrogen-bond acceptors (Lipinski definition) is 4. The molecule has 0 aromatic rings. The lowest BCUT2D eigenvalue weighted by molar-refractivity contribution is -0.200. The number of thioether (sulfide) groups is 2. The fraction of sp³-hybridized carbons (Fsp3) is 0.840. The first-order valence-corrected chi connectivity index (χ1v) is 13.7. The van der Waals surface area contributed by atoms with Crippen molar-refractivity contribution < 1.29 is 10.2 Å². The highest BCUT2D eigenvalue weighted by atomic mass is 32.2. The van der Waals surface area contributed by atoms with Gasteiger partial charge in [0.1, 0.15) is 5.60 Å². The maximum atomic E-state index is 12.1. The predicted octanol–water partition coefficient (Wildman–Crippen LogP) is 5.24. The maximum Gasteiger partial charge on any atom is 0.131 e. The highest BCUT2D eigenvalue weighted by molar-refractivity contribution is 8.21. The molecule has 4 aliphatic carbocycles. The molecule has 0 radical (unpaired) electrons. The molecular formula is C25H36O2S2. The van der Waals surface area contributed by atoms with Crippen LogP contribution in [0.3, 0.4) is 0 Å². The number of rotatable bonds is 2. The summed E-state index contributed by atoms with van der Waals surface area (Å²) < 4.78 is 0.321. The van der Waals surface area contributed by atoms with Gasteiger partial charge >= 0.3 is 0 Å². The molecule has 5 rings (SSSR count). The number of terminal acetylenes is 1. The van der Waals surface area contributed by atoms with Gasteiger partial charge in [0.25, 0.3) is 0 Å². The summed E-state index contributed by atoms with van der Waals surface area (Å²) >= 11 is 4.29. The summed E-state index contributed by atoms with van der Waals surface area (Å²) in [7, 11) is 0. The van der Waals surface area contributed by atoms with Crippen LogP contribution in [-0.2, 0) is 0 Å². The van der Waals surface area contributed by atoms with E-state index >= 15 is 0 Å². The third-order valence-corrected chi connectivity index (χ3v) is 13.1. The quantitative estimate of drug-likeness (QED) is 0.462. The zero-order valence-corrected chi connectivity index (χ0v) is 19.6. The standard InChI is InChI=1S/C25H36O2S2/c1-4-22-16-23(26,5-2)21-18-9-12-25(28-13-14-29-25)15-17(18)7-8-19(21)20(22)10-11-24(22,27)6-3/h3,15,18-21,26-27H,4-5,7-14,16H2,1-2H3/t18?,19?,20?,21?,22-,23?,24-/m0/s1. The van der Waals surface area contributed by atoms with Crippen molar-refractivity contribution in [1.29, 1.82) is 0 Å². The first-order valence-electron chi connectivity index (χ1n) is 11.8. The summed E-state index contributed by atoms with van der Waals surface area (Å²) in [5.41, 5.74) is -0.441. The van der Waals surface area contributed by atoms with E-state index in [0.717, 1.165) is 25.7 Å². The highest BCUT2D eigenvalue weighted by Gasteiger charge is 2.69. The molecule has 0 aromatic heterocycles. The van der Waals surface area contributed by atoms with E-state index < -0.39 is 11.2 Å². The molecule has 4 fully saturated rings. The van der Waals surface area contributed by atoms with Crippen LogP contribution in [0.15, 0.2) is 11.6 Å². The van der Waals surface area contributed by atoms with Crippen LogP contribution < -0.4 is 0 Å². The van der Waals surface area contributed by atoms with Gasteiger partial charge in [-0.1, -0.05) is 31.4 Å². The van der Waals surface area contributed by atoms with Gasteiger partial charge in [-0.2, -0.15) is 0 Å². The Labute approximate surface area is 185 Å². The number of hydrogen-bond donors (Lipinski definition) is 2. The van der Waals surface area contributed by atoms with E-state index in [9.17, 15) is 10.2 Å². The summed E-state index contributed by atoms with van der Waals surface area (Å²) in [6.07, 6.45) is 17.4. The van der Waals surface area contributed by atoms with Gasteiger partial charge in [0.2, 0.25) is 0 Å².